The third-order valence-electron chi connectivity index (χ3n) is 7.07. The summed E-state index contributed by atoms with van der Waals surface area (Å²) in [5.41, 5.74) is 1.37. The van der Waals surface area contributed by atoms with Crippen LogP contribution in [0.4, 0.5) is 4.39 Å². The van der Waals surface area contributed by atoms with Gasteiger partial charge in [-0.3, -0.25) is 0 Å². The minimum atomic E-state index is -3.12. The lowest BCUT2D eigenvalue weighted by atomic mass is 9.95. The van der Waals surface area contributed by atoms with Crippen molar-refractivity contribution in [1.29, 1.82) is 0 Å². The Labute approximate surface area is 186 Å². The van der Waals surface area contributed by atoms with Crippen LogP contribution in [0.5, 0.6) is 5.75 Å². The fraction of sp³-hybridized carbons (Fsp3) is 0.667. The van der Waals surface area contributed by atoms with E-state index < -0.39 is 15.7 Å². The summed E-state index contributed by atoms with van der Waals surface area (Å²) in [6, 6.07) is 8.12. The van der Waals surface area contributed by atoms with Crippen molar-refractivity contribution in [3.63, 3.8) is 0 Å². The number of rotatable bonds is 7. The van der Waals surface area contributed by atoms with E-state index in [4.69, 9.17) is 4.74 Å². The molecule has 0 spiro atoms. The summed E-state index contributed by atoms with van der Waals surface area (Å²) in [5.74, 6) is 1.40. The van der Waals surface area contributed by atoms with Crippen LogP contribution in [0, 0.1) is 5.92 Å². The molecule has 0 atom stereocenters. The lowest BCUT2D eigenvalue weighted by Crippen LogP contribution is -2.43. The second kappa shape index (κ2) is 9.59. The van der Waals surface area contributed by atoms with Crippen LogP contribution in [-0.4, -0.2) is 68.9 Å². The molecule has 1 saturated heterocycles. The summed E-state index contributed by atoms with van der Waals surface area (Å²) in [5, 5.41) is 0. The highest BCUT2D eigenvalue weighted by atomic mass is 32.2. The van der Waals surface area contributed by atoms with E-state index in [2.05, 4.69) is 17.0 Å². The molecule has 2 heterocycles. The zero-order valence-corrected chi connectivity index (χ0v) is 19.4. The van der Waals surface area contributed by atoms with Crippen LogP contribution in [0.15, 0.2) is 30.3 Å². The molecular formula is C24H35FN2O3S. The predicted molar refractivity (Wildman–Crippen MR) is 122 cm³/mol. The first kappa shape index (κ1) is 22.7. The van der Waals surface area contributed by atoms with Crippen LogP contribution >= 0.6 is 0 Å². The number of piperidine rings is 1. The van der Waals surface area contributed by atoms with Gasteiger partial charge in [0.2, 0.25) is 10.0 Å². The van der Waals surface area contributed by atoms with Gasteiger partial charge in [0.25, 0.3) is 0 Å². The van der Waals surface area contributed by atoms with E-state index in [1.807, 2.05) is 18.2 Å². The Morgan fingerprint density at radius 3 is 2.35 bits per heavy atom. The maximum atomic E-state index is 14.7. The quantitative estimate of drug-likeness (QED) is 0.627. The monoisotopic (exact) mass is 450 g/mol. The van der Waals surface area contributed by atoms with Crippen molar-refractivity contribution < 1.29 is 17.5 Å². The molecule has 3 aliphatic rings. The van der Waals surface area contributed by atoms with Gasteiger partial charge >= 0.3 is 0 Å². The molecule has 1 saturated carbocycles. The molecule has 2 fully saturated rings. The fourth-order valence-corrected chi connectivity index (χ4v) is 5.84. The van der Waals surface area contributed by atoms with Gasteiger partial charge in [-0.1, -0.05) is 31.1 Å². The number of nitrogens with zero attached hydrogens (tertiary/aromatic N) is 2. The van der Waals surface area contributed by atoms with E-state index in [-0.39, 0.29) is 0 Å². The van der Waals surface area contributed by atoms with Gasteiger partial charge in [-0.05, 0) is 74.4 Å². The van der Waals surface area contributed by atoms with Gasteiger partial charge < -0.3 is 9.64 Å². The Bertz CT molecular complexity index is 871. The minimum absolute atomic E-state index is 0.439. The number of alkyl halides is 1. The molecule has 1 aliphatic carbocycles. The molecule has 1 aromatic rings. The van der Waals surface area contributed by atoms with Gasteiger partial charge in [0.1, 0.15) is 11.4 Å². The number of benzene rings is 1. The fourth-order valence-electron chi connectivity index (χ4n) is 5.07. The number of sulfonamides is 1. The van der Waals surface area contributed by atoms with E-state index in [9.17, 15) is 12.8 Å². The molecular weight excluding hydrogens is 415 g/mol. The van der Waals surface area contributed by atoms with Gasteiger partial charge in [0.15, 0.2) is 0 Å². The molecule has 172 valence electrons. The highest BCUT2D eigenvalue weighted by molar-refractivity contribution is 7.88. The van der Waals surface area contributed by atoms with Gasteiger partial charge in [-0.2, -0.15) is 4.31 Å². The second-order valence-electron chi connectivity index (χ2n) is 9.51. The number of hydrogen-bond donors (Lipinski definition) is 0. The first-order valence-electron chi connectivity index (χ1n) is 11.6. The first-order chi connectivity index (χ1) is 14.8. The molecule has 1 aromatic carbocycles. The topological polar surface area (TPSA) is 49.9 Å². The van der Waals surface area contributed by atoms with E-state index in [1.165, 1.54) is 16.1 Å². The van der Waals surface area contributed by atoms with Crippen LogP contribution in [-0.2, 0) is 10.0 Å². The Kier molecular flexibility index (Phi) is 7.04. The predicted octanol–water partition coefficient (Wildman–Crippen LogP) is 4.11. The summed E-state index contributed by atoms with van der Waals surface area (Å²) in [7, 11) is -3.12. The summed E-state index contributed by atoms with van der Waals surface area (Å²) in [4.78, 5) is 2.30. The Morgan fingerprint density at radius 2 is 1.77 bits per heavy atom. The van der Waals surface area contributed by atoms with Crippen LogP contribution in [0.2, 0.25) is 0 Å². The Balaban J connectivity index is 1.21. The molecule has 0 unspecified atom stereocenters. The third kappa shape index (κ3) is 6.08. The zero-order chi connectivity index (χ0) is 21.9. The summed E-state index contributed by atoms with van der Waals surface area (Å²) in [6.45, 7) is 4.23. The highest BCUT2D eigenvalue weighted by Gasteiger charge is 2.36. The highest BCUT2D eigenvalue weighted by Crippen LogP contribution is 2.35. The van der Waals surface area contributed by atoms with Crippen molar-refractivity contribution in [2.75, 3.05) is 45.6 Å². The lowest BCUT2D eigenvalue weighted by Gasteiger charge is -2.35. The molecule has 2 aliphatic heterocycles. The maximum Gasteiger partial charge on any atom is 0.211 e. The largest absolute Gasteiger partial charge is 0.493 e. The Morgan fingerprint density at radius 1 is 1.10 bits per heavy atom. The third-order valence-corrected chi connectivity index (χ3v) is 8.34. The number of ether oxygens (including phenoxy) is 1. The van der Waals surface area contributed by atoms with Crippen molar-refractivity contribution in [3.8, 4) is 5.75 Å². The molecule has 0 radical (unpaired) electrons. The van der Waals surface area contributed by atoms with E-state index in [0.29, 0.717) is 32.2 Å². The van der Waals surface area contributed by atoms with Gasteiger partial charge in [-0.15, -0.1) is 0 Å². The average molecular weight is 451 g/mol. The smallest absolute Gasteiger partial charge is 0.211 e. The Hall–Kier alpha value is -1.44. The van der Waals surface area contributed by atoms with Crippen molar-refractivity contribution in [3.05, 3.63) is 35.9 Å². The summed E-state index contributed by atoms with van der Waals surface area (Å²) < 4.78 is 45.5. The molecule has 0 bridgehead atoms. The van der Waals surface area contributed by atoms with Gasteiger partial charge in [0, 0.05) is 19.6 Å². The normalized spacial score (nSPS) is 23.6. The number of hydrogen-bond acceptors (Lipinski definition) is 4. The van der Waals surface area contributed by atoms with Crippen LogP contribution in [0.1, 0.15) is 50.5 Å². The standard InChI is InChI=1S/C24H35FN2O3S/c1-31(28,29)27-16-10-22(11-17-27)21-4-6-23(7-5-21)30-18-20-8-14-26(15-9-20)19-24(25)12-2-3-13-24/h4-7,10,20H,2-3,8-9,11-19H2,1H3. The van der Waals surface area contributed by atoms with E-state index in [1.54, 1.807) is 0 Å². The molecule has 7 heteroatoms. The van der Waals surface area contributed by atoms with Crippen LogP contribution < -0.4 is 4.74 Å². The van der Waals surface area contributed by atoms with E-state index in [0.717, 1.165) is 69.3 Å². The molecule has 0 aromatic heterocycles. The number of likely N-dealkylation sites (tertiary alicyclic amines) is 1. The molecule has 5 nitrogen and oxygen atoms in total. The average Bonchev–Trinajstić information content (AvgIpc) is 3.19. The van der Waals surface area contributed by atoms with E-state index >= 15 is 0 Å². The molecule has 0 amide bonds. The SMILES string of the molecule is CS(=O)(=O)N1CC=C(c2ccc(OCC3CCN(CC4(F)CCCC4)CC3)cc2)CC1. The molecule has 0 N–H and O–H groups in total. The minimum Gasteiger partial charge on any atom is -0.493 e. The summed E-state index contributed by atoms with van der Waals surface area (Å²) >= 11 is 0. The van der Waals surface area contributed by atoms with Crippen LogP contribution in [0.3, 0.4) is 0 Å². The second-order valence-corrected chi connectivity index (χ2v) is 11.5. The first-order valence-corrected chi connectivity index (χ1v) is 13.4. The van der Waals surface area contributed by atoms with Crippen molar-refractivity contribution >= 4 is 15.6 Å². The zero-order valence-electron chi connectivity index (χ0n) is 18.6. The van der Waals surface area contributed by atoms with Gasteiger partial charge in [0.05, 0.1) is 12.9 Å². The van der Waals surface area contributed by atoms with Crippen molar-refractivity contribution in [2.45, 2.75) is 50.6 Å². The van der Waals surface area contributed by atoms with Crippen molar-refractivity contribution in [2.24, 2.45) is 5.92 Å². The number of halogens is 1. The molecule has 31 heavy (non-hydrogen) atoms. The van der Waals surface area contributed by atoms with Crippen LogP contribution in [0.25, 0.3) is 5.57 Å². The maximum absolute atomic E-state index is 14.7. The van der Waals surface area contributed by atoms with Crippen molar-refractivity contribution in [1.82, 2.24) is 9.21 Å². The molecule has 4 rings (SSSR count). The summed E-state index contributed by atoms with van der Waals surface area (Å²) in [6.07, 6.45) is 9.67. The lowest BCUT2D eigenvalue weighted by molar-refractivity contribution is 0.0664. The van der Waals surface area contributed by atoms with Gasteiger partial charge in [-0.25, -0.2) is 12.8 Å².